The third-order valence-corrected chi connectivity index (χ3v) is 4.48. The highest BCUT2D eigenvalue weighted by Crippen LogP contribution is 2.36. The number of nitrogens with zero attached hydrogens (tertiary/aromatic N) is 1. The van der Waals surface area contributed by atoms with Gasteiger partial charge in [-0.05, 0) is 35.2 Å². The summed E-state index contributed by atoms with van der Waals surface area (Å²) in [4.78, 5) is 37.2. The highest BCUT2D eigenvalue weighted by atomic mass is 16.4. The molecule has 0 aromatic heterocycles. The van der Waals surface area contributed by atoms with Gasteiger partial charge in [-0.15, -0.1) is 0 Å². The molecule has 2 rings (SSSR count). The molecule has 0 spiro atoms. The first-order valence-corrected chi connectivity index (χ1v) is 8.53. The molecule has 0 radical (unpaired) electrons. The normalized spacial score (nSPS) is 12.3. The average molecular weight is 382 g/mol. The van der Waals surface area contributed by atoms with Gasteiger partial charge in [-0.25, -0.2) is 9.59 Å². The third kappa shape index (κ3) is 4.35. The number of amides is 3. The number of nitrogens with one attached hydrogen (secondary N) is 1. The van der Waals surface area contributed by atoms with Gasteiger partial charge in [0.1, 0.15) is 5.71 Å². The van der Waals surface area contributed by atoms with Gasteiger partial charge in [0, 0.05) is 23.7 Å². The van der Waals surface area contributed by atoms with Gasteiger partial charge in [-0.1, -0.05) is 37.3 Å². The van der Waals surface area contributed by atoms with E-state index in [4.69, 9.17) is 11.5 Å². The van der Waals surface area contributed by atoms with Gasteiger partial charge in [0.2, 0.25) is 6.41 Å². The van der Waals surface area contributed by atoms with E-state index in [-0.39, 0.29) is 12.3 Å². The van der Waals surface area contributed by atoms with E-state index < -0.39 is 17.9 Å². The first kappa shape index (κ1) is 20.6. The number of hydrogen-bond donors (Lipinski definition) is 4. The molecule has 28 heavy (non-hydrogen) atoms. The molecule has 0 bridgehead atoms. The van der Waals surface area contributed by atoms with Gasteiger partial charge in [-0.3, -0.25) is 4.79 Å². The van der Waals surface area contributed by atoms with E-state index >= 15 is 0 Å². The largest absolute Gasteiger partial charge is 0.477 e. The number of carboxylic acids is 1. The summed E-state index contributed by atoms with van der Waals surface area (Å²) in [6.07, 6.45) is 0.560. The van der Waals surface area contributed by atoms with E-state index in [9.17, 15) is 19.5 Å². The van der Waals surface area contributed by atoms with Crippen LogP contribution in [0.1, 0.15) is 29.5 Å². The van der Waals surface area contributed by atoms with Crippen molar-refractivity contribution in [1.29, 1.82) is 0 Å². The molecule has 0 fully saturated rings. The van der Waals surface area contributed by atoms with Crippen molar-refractivity contribution in [2.45, 2.75) is 26.3 Å². The van der Waals surface area contributed by atoms with Gasteiger partial charge in [0.05, 0.1) is 0 Å². The highest BCUT2D eigenvalue weighted by Gasteiger charge is 2.25. The average Bonchev–Trinajstić information content (AvgIpc) is 2.64. The Bertz CT molecular complexity index is 953. The smallest absolute Gasteiger partial charge is 0.351 e. The zero-order valence-corrected chi connectivity index (χ0v) is 15.6. The Balaban J connectivity index is 2.76. The summed E-state index contributed by atoms with van der Waals surface area (Å²) in [5, 5.41) is 12.1. The summed E-state index contributed by atoms with van der Waals surface area (Å²) in [6, 6.07) is 9.77. The zero-order chi connectivity index (χ0) is 20.8. The number of aryl methyl sites for hydroxylation is 1. The molecule has 6 N–H and O–H groups in total. The Hall–Kier alpha value is -3.68. The quantitative estimate of drug-likeness (QED) is 0.329. The molecule has 2 aromatic carbocycles. The number of urea groups is 1. The predicted molar refractivity (Wildman–Crippen MR) is 107 cm³/mol. The minimum atomic E-state index is -1.35. The maximum absolute atomic E-state index is 11.6. The minimum Gasteiger partial charge on any atom is -0.477 e. The van der Waals surface area contributed by atoms with Crippen molar-refractivity contribution < 1.29 is 19.5 Å². The zero-order valence-electron chi connectivity index (χ0n) is 15.6. The van der Waals surface area contributed by atoms with Crippen LogP contribution in [0.15, 0.2) is 41.4 Å². The molecule has 2 aromatic rings. The maximum Gasteiger partial charge on any atom is 0.351 e. The van der Waals surface area contributed by atoms with Crippen LogP contribution in [0, 0.1) is 6.92 Å². The molecular formula is C20H22N4O4. The number of primary amides is 1. The summed E-state index contributed by atoms with van der Waals surface area (Å²) in [7, 11) is 0. The van der Waals surface area contributed by atoms with Crippen LogP contribution in [0.4, 0.5) is 10.5 Å². The maximum atomic E-state index is 11.6. The van der Waals surface area contributed by atoms with Crippen molar-refractivity contribution in [2.75, 3.05) is 5.73 Å². The standard InChI is InChI=1S/C20H22N4O4/c1-11-7-8-13(12(2)18(19(26)27)24-20(22)28)15(9-23-10-25)17(11)14-5-3-4-6-16(14)21/h3-8,10,12H,9,21H2,1-2H3,(H2,22,28)(H,23,25)(H,26,27). The second-order valence-corrected chi connectivity index (χ2v) is 6.27. The van der Waals surface area contributed by atoms with E-state index in [1.807, 2.05) is 31.2 Å². The number of carboxylic acid groups (broad SMARTS) is 1. The van der Waals surface area contributed by atoms with Gasteiger partial charge in [0.15, 0.2) is 0 Å². The van der Waals surface area contributed by atoms with Crippen molar-refractivity contribution in [3.8, 4) is 11.1 Å². The van der Waals surface area contributed by atoms with Crippen molar-refractivity contribution in [2.24, 2.45) is 10.7 Å². The van der Waals surface area contributed by atoms with Crippen molar-refractivity contribution in [1.82, 2.24) is 5.32 Å². The lowest BCUT2D eigenvalue weighted by Crippen LogP contribution is -2.25. The number of aliphatic imine (C=N–C) groups is 1. The molecule has 0 heterocycles. The highest BCUT2D eigenvalue weighted by molar-refractivity contribution is 6.39. The van der Waals surface area contributed by atoms with Crippen LogP contribution in [0.2, 0.25) is 0 Å². The number of anilines is 1. The Morgan fingerprint density at radius 1 is 1.25 bits per heavy atom. The Labute approximate surface area is 162 Å². The lowest BCUT2D eigenvalue weighted by molar-refractivity contribution is -0.129. The molecule has 0 aliphatic carbocycles. The molecule has 1 atom stereocenters. The van der Waals surface area contributed by atoms with Crippen molar-refractivity contribution >= 4 is 29.8 Å². The molecule has 0 aliphatic rings. The second-order valence-electron chi connectivity index (χ2n) is 6.27. The summed E-state index contributed by atoms with van der Waals surface area (Å²) < 4.78 is 0. The Morgan fingerprint density at radius 2 is 1.93 bits per heavy atom. The summed E-state index contributed by atoms with van der Waals surface area (Å²) in [5.74, 6) is -2.10. The van der Waals surface area contributed by atoms with E-state index in [1.54, 1.807) is 19.1 Å². The van der Waals surface area contributed by atoms with E-state index in [1.165, 1.54) is 0 Å². The van der Waals surface area contributed by atoms with Crippen LogP contribution in [0.5, 0.6) is 0 Å². The number of hydrogen-bond acceptors (Lipinski definition) is 4. The van der Waals surface area contributed by atoms with Gasteiger partial charge in [-0.2, -0.15) is 4.99 Å². The van der Waals surface area contributed by atoms with E-state index in [0.717, 1.165) is 16.7 Å². The lowest BCUT2D eigenvalue weighted by Gasteiger charge is -2.22. The fourth-order valence-corrected chi connectivity index (χ4v) is 3.22. The summed E-state index contributed by atoms with van der Waals surface area (Å²) in [5.41, 5.74) is 15.1. The van der Waals surface area contributed by atoms with E-state index in [0.29, 0.717) is 23.2 Å². The number of carbonyl (C=O) groups excluding carboxylic acids is 2. The van der Waals surface area contributed by atoms with Crippen molar-refractivity contribution in [3.05, 3.63) is 53.1 Å². The molecule has 0 saturated heterocycles. The van der Waals surface area contributed by atoms with Crippen LogP contribution in [0.3, 0.4) is 0 Å². The van der Waals surface area contributed by atoms with Gasteiger partial charge < -0.3 is 21.9 Å². The third-order valence-electron chi connectivity index (χ3n) is 4.48. The molecule has 1 unspecified atom stereocenters. The monoisotopic (exact) mass is 382 g/mol. The van der Waals surface area contributed by atoms with Gasteiger partial charge in [0.25, 0.3) is 0 Å². The first-order valence-electron chi connectivity index (χ1n) is 8.53. The van der Waals surface area contributed by atoms with Crippen molar-refractivity contribution in [3.63, 3.8) is 0 Å². The summed E-state index contributed by atoms with van der Waals surface area (Å²) >= 11 is 0. The molecular weight excluding hydrogens is 360 g/mol. The van der Waals surface area contributed by atoms with Crippen LogP contribution in [-0.2, 0) is 16.1 Å². The molecule has 3 amide bonds. The second kappa shape index (κ2) is 8.81. The molecule has 0 saturated carbocycles. The number of rotatable bonds is 7. The number of nitrogens with two attached hydrogens (primary N) is 2. The SMILES string of the molecule is Cc1ccc(C(C)C(=NC(N)=O)C(=O)O)c(CNC=O)c1-c1ccccc1N. The number of aliphatic carboxylic acids is 1. The fraction of sp³-hybridized carbons (Fsp3) is 0.200. The number of nitrogen functional groups attached to an aromatic ring is 1. The van der Waals surface area contributed by atoms with Crippen LogP contribution < -0.4 is 16.8 Å². The Kier molecular flexibility index (Phi) is 6.49. The van der Waals surface area contributed by atoms with E-state index in [2.05, 4.69) is 10.3 Å². The molecule has 8 nitrogen and oxygen atoms in total. The topological polar surface area (TPSA) is 148 Å². The molecule has 8 heteroatoms. The lowest BCUT2D eigenvalue weighted by atomic mass is 9.84. The Morgan fingerprint density at radius 3 is 2.50 bits per heavy atom. The molecule has 0 aliphatic heterocycles. The minimum absolute atomic E-state index is 0.151. The van der Waals surface area contributed by atoms with Crippen LogP contribution in [0.25, 0.3) is 11.1 Å². The predicted octanol–water partition coefficient (Wildman–Crippen LogP) is 2.20. The first-order chi connectivity index (χ1) is 13.3. The number of benzene rings is 2. The number of para-hydroxylation sites is 1. The summed E-state index contributed by atoms with van der Waals surface area (Å²) in [6.45, 7) is 3.66. The number of carbonyl (C=O) groups is 3. The fourth-order valence-electron chi connectivity index (χ4n) is 3.22. The van der Waals surface area contributed by atoms with Crippen LogP contribution in [-0.4, -0.2) is 29.2 Å². The van der Waals surface area contributed by atoms with Crippen LogP contribution >= 0.6 is 0 Å². The molecule has 146 valence electrons. The van der Waals surface area contributed by atoms with Gasteiger partial charge >= 0.3 is 12.0 Å².